The zero-order valence-electron chi connectivity index (χ0n) is 9.67. The largest absolute Gasteiger partial charge is 0.573 e. The minimum atomic E-state index is -4.66. The van der Waals surface area contributed by atoms with Crippen molar-refractivity contribution in [3.63, 3.8) is 0 Å². The van der Waals surface area contributed by atoms with Gasteiger partial charge in [-0.2, -0.15) is 0 Å². The molecule has 3 nitrogen and oxygen atoms in total. The summed E-state index contributed by atoms with van der Waals surface area (Å²) in [5, 5.41) is 3.27. The van der Waals surface area contributed by atoms with Crippen LogP contribution in [0.15, 0.2) is 24.3 Å². The second-order valence-corrected chi connectivity index (χ2v) is 4.12. The Kier molecular flexibility index (Phi) is 3.96. The Morgan fingerprint density at radius 1 is 1.17 bits per heavy atom. The van der Waals surface area contributed by atoms with E-state index < -0.39 is 6.36 Å². The maximum absolute atomic E-state index is 11.9. The van der Waals surface area contributed by atoms with Crippen LogP contribution in [0.4, 0.5) is 13.2 Å². The SMILES string of the molecule is FC(F)(F)Oc1ccc(OC[C@@H]2CCCN2)cc1. The monoisotopic (exact) mass is 261 g/mol. The van der Waals surface area contributed by atoms with Crippen molar-refractivity contribution in [1.29, 1.82) is 0 Å². The smallest absolute Gasteiger partial charge is 0.492 e. The van der Waals surface area contributed by atoms with Crippen LogP contribution in [0, 0.1) is 0 Å². The van der Waals surface area contributed by atoms with Gasteiger partial charge in [-0.3, -0.25) is 0 Å². The summed E-state index contributed by atoms with van der Waals surface area (Å²) in [5.74, 6) is 0.298. The highest BCUT2D eigenvalue weighted by atomic mass is 19.4. The summed E-state index contributed by atoms with van der Waals surface area (Å²) in [5.41, 5.74) is 0. The topological polar surface area (TPSA) is 30.5 Å². The van der Waals surface area contributed by atoms with Gasteiger partial charge in [-0.05, 0) is 43.7 Å². The highest BCUT2D eigenvalue weighted by Crippen LogP contribution is 2.24. The number of ether oxygens (including phenoxy) is 2. The van der Waals surface area contributed by atoms with Gasteiger partial charge >= 0.3 is 6.36 Å². The van der Waals surface area contributed by atoms with E-state index >= 15 is 0 Å². The maximum Gasteiger partial charge on any atom is 0.573 e. The minimum absolute atomic E-state index is 0.242. The van der Waals surface area contributed by atoms with Gasteiger partial charge in [0, 0.05) is 6.04 Å². The van der Waals surface area contributed by atoms with E-state index in [2.05, 4.69) is 10.1 Å². The van der Waals surface area contributed by atoms with Crippen LogP contribution in [-0.2, 0) is 0 Å². The molecule has 2 rings (SSSR count). The molecule has 0 spiro atoms. The zero-order chi connectivity index (χ0) is 13.0. The van der Waals surface area contributed by atoms with Gasteiger partial charge in [0.25, 0.3) is 0 Å². The van der Waals surface area contributed by atoms with Crippen LogP contribution < -0.4 is 14.8 Å². The first-order valence-corrected chi connectivity index (χ1v) is 5.75. The third kappa shape index (κ3) is 4.10. The van der Waals surface area contributed by atoms with Crippen molar-refractivity contribution in [2.24, 2.45) is 0 Å². The number of nitrogens with one attached hydrogen (secondary N) is 1. The lowest BCUT2D eigenvalue weighted by Crippen LogP contribution is -2.28. The van der Waals surface area contributed by atoms with Gasteiger partial charge < -0.3 is 14.8 Å². The molecule has 100 valence electrons. The lowest BCUT2D eigenvalue weighted by Gasteiger charge is -2.13. The summed E-state index contributed by atoms with van der Waals surface area (Å²) in [4.78, 5) is 0. The fourth-order valence-corrected chi connectivity index (χ4v) is 1.83. The van der Waals surface area contributed by atoms with Crippen LogP contribution in [0.25, 0.3) is 0 Å². The molecule has 1 saturated heterocycles. The molecule has 0 unspecified atom stereocenters. The molecule has 1 heterocycles. The standard InChI is InChI=1S/C12H14F3NO2/c13-12(14,15)18-11-5-3-10(4-6-11)17-8-9-2-1-7-16-9/h3-6,9,16H,1-2,7-8H2/t9-/m0/s1. The van der Waals surface area contributed by atoms with E-state index in [-0.39, 0.29) is 5.75 Å². The van der Waals surface area contributed by atoms with Crippen molar-refractivity contribution in [3.05, 3.63) is 24.3 Å². The Balaban J connectivity index is 1.83. The van der Waals surface area contributed by atoms with E-state index in [9.17, 15) is 13.2 Å². The van der Waals surface area contributed by atoms with E-state index in [1.807, 2.05) is 0 Å². The molecule has 18 heavy (non-hydrogen) atoms. The molecule has 0 saturated carbocycles. The molecule has 1 fully saturated rings. The molecule has 0 aromatic heterocycles. The van der Waals surface area contributed by atoms with E-state index in [0.29, 0.717) is 18.4 Å². The molecule has 1 atom stereocenters. The van der Waals surface area contributed by atoms with Crippen LogP contribution in [0.2, 0.25) is 0 Å². The molecule has 0 amide bonds. The van der Waals surface area contributed by atoms with Crippen LogP contribution in [0.1, 0.15) is 12.8 Å². The Morgan fingerprint density at radius 3 is 2.39 bits per heavy atom. The average molecular weight is 261 g/mol. The molecule has 1 aromatic rings. The average Bonchev–Trinajstić information content (AvgIpc) is 2.79. The van der Waals surface area contributed by atoms with E-state index in [1.165, 1.54) is 24.3 Å². The summed E-state index contributed by atoms with van der Waals surface area (Å²) in [6, 6.07) is 5.75. The predicted molar refractivity (Wildman–Crippen MR) is 59.6 cm³/mol. The lowest BCUT2D eigenvalue weighted by atomic mass is 10.2. The summed E-state index contributed by atoms with van der Waals surface area (Å²) in [6.07, 6.45) is -2.46. The Morgan fingerprint density at radius 2 is 1.83 bits per heavy atom. The zero-order valence-corrected chi connectivity index (χ0v) is 9.67. The second kappa shape index (κ2) is 5.48. The molecular formula is C12H14F3NO2. The van der Waals surface area contributed by atoms with Crippen molar-refractivity contribution < 1.29 is 22.6 Å². The third-order valence-electron chi connectivity index (χ3n) is 2.67. The second-order valence-electron chi connectivity index (χ2n) is 4.12. The highest BCUT2D eigenvalue weighted by molar-refractivity contribution is 5.31. The summed E-state index contributed by atoms with van der Waals surface area (Å²) in [7, 11) is 0. The molecule has 0 bridgehead atoms. The number of hydrogen-bond acceptors (Lipinski definition) is 3. The molecule has 1 N–H and O–H groups in total. The molecule has 0 radical (unpaired) electrons. The van der Waals surface area contributed by atoms with Gasteiger partial charge in [-0.25, -0.2) is 0 Å². The van der Waals surface area contributed by atoms with Gasteiger partial charge in [-0.15, -0.1) is 13.2 Å². The maximum atomic E-state index is 11.9. The fourth-order valence-electron chi connectivity index (χ4n) is 1.83. The number of alkyl halides is 3. The van der Waals surface area contributed by atoms with Crippen molar-refractivity contribution in [1.82, 2.24) is 5.32 Å². The third-order valence-corrected chi connectivity index (χ3v) is 2.67. The van der Waals surface area contributed by atoms with Crippen molar-refractivity contribution >= 4 is 0 Å². The fraction of sp³-hybridized carbons (Fsp3) is 0.500. The Labute approximate surface area is 103 Å². The van der Waals surface area contributed by atoms with Crippen molar-refractivity contribution in [2.75, 3.05) is 13.2 Å². The number of rotatable bonds is 4. The van der Waals surface area contributed by atoms with E-state index in [1.54, 1.807) is 0 Å². The first kappa shape index (κ1) is 13.0. The number of hydrogen-bond donors (Lipinski definition) is 1. The number of halogens is 3. The Bertz CT molecular complexity index is 372. The van der Waals surface area contributed by atoms with E-state index in [0.717, 1.165) is 19.4 Å². The van der Waals surface area contributed by atoms with E-state index in [4.69, 9.17) is 4.74 Å². The number of benzene rings is 1. The molecule has 1 aliphatic heterocycles. The first-order valence-electron chi connectivity index (χ1n) is 5.75. The molecular weight excluding hydrogens is 247 g/mol. The summed E-state index contributed by atoms with van der Waals surface area (Å²) >= 11 is 0. The first-order chi connectivity index (χ1) is 8.53. The van der Waals surface area contributed by atoms with Gasteiger partial charge in [0.1, 0.15) is 18.1 Å². The van der Waals surface area contributed by atoms with Gasteiger partial charge in [0.15, 0.2) is 0 Å². The predicted octanol–water partition coefficient (Wildman–Crippen LogP) is 2.72. The molecule has 1 aromatic carbocycles. The lowest BCUT2D eigenvalue weighted by molar-refractivity contribution is -0.274. The molecule has 0 aliphatic carbocycles. The van der Waals surface area contributed by atoms with Crippen molar-refractivity contribution in [3.8, 4) is 11.5 Å². The normalized spacial score (nSPS) is 19.8. The van der Waals surface area contributed by atoms with Crippen LogP contribution in [0.3, 0.4) is 0 Å². The minimum Gasteiger partial charge on any atom is -0.492 e. The van der Waals surface area contributed by atoms with Gasteiger partial charge in [-0.1, -0.05) is 0 Å². The molecule has 1 aliphatic rings. The van der Waals surface area contributed by atoms with Crippen LogP contribution >= 0.6 is 0 Å². The van der Waals surface area contributed by atoms with Gasteiger partial charge in [0.05, 0.1) is 0 Å². The van der Waals surface area contributed by atoms with Crippen LogP contribution in [0.5, 0.6) is 11.5 Å². The summed E-state index contributed by atoms with van der Waals surface area (Å²) < 4.78 is 45.0. The van der Waals surface area contributed by atoms with Crippen molar-refractivity contribution in [2.45, 2.75) is 25.2 Å². The summed E-state index contributed by atoms with van der Waals surface area (Å²) in [6.45, 7) is 1.52. The highest BCUT2D eigenvalue weighted by Gasteiger charge is 2.30. The Hall–Kier alpha value is -1.43. The quantitative estimate of drug-likeness (QED) is 0.904. The van der Waals surface area contributed by atoms with Crippen LogP contribution in [-0.4, -0.2) is 25.6 Å². The molecule has 6 heteroatoms. The van der Waals surface area contributed by atoms with Gasteiger partial charge in [0.2, 0.25) is 0 Å².